The first kappa shape index (κ1) is 12.0. The van der Waals surface area contributed by atoms with Crippen LogP contribution in [0, 0.1) is 5.41 Å². The van der Waals surface area contributed by atoms with Crippen molar-refractivity contribution in [2.24, 2.45) is 5.41 Å². The first-order valence-corrected chi connectivity index (χ1v) is 6.54. The van der Waals surface area contributed by atoms with Crippen LogP contribution in [0.25, 0.3) is 0 Å². The fraction of sp³-hybridized carbons (Fsp3) is 1.00. The van der Waals surface area contributed by atoms with Crippen LogP contribution in [0.2, 0.25) is 0 Å². The molecule has 1 N–H and O–H groups in total. The van der Waals surface area contributed by atoms with Gasteiger partial charge in [0.2, 0.25) is 0 Å². The topological polar surface area (TPSA) is 12.0 Å². The van der Waals surface area contributed by atoms with E-state index in [4.69, 9.17) is 0 Å². The van der Waals surface area contributed by atoms with E-state index in [0.29, 0.717) is 0 Å². The third-order valence-electron chi connectivity index (χ3n) is 3.44. The predicted octanol–water partition coefficient (Wildman–Crippen LogP) is 3.74. The van der Waals surface area contributed by atoms with Crippen molar-refractivity contribution in [2.45, 2.75) is 65.2 Å². The van der Waals surface area contributed by atoms with Crippen molar-refractivity contribution in [3.63, 3.8) is 0 Å². The van der Waals surface area contributed by atoms with E-state index in [1.54, 1.807) is 0 Å². The van der Waals surface area contributed by atoms with Gasteiger partial charge in [-0.2, -0.15) is 0 Å². The number of hydrogen-bond acceptors (Lipinski definition) is 1. The van der Waals surface area contributed by atoms with E-state index in [1.807, 2.05) is 0 Å². The maximum atomic E-state index is 3.58. The highest BCUT2D eigenvalue weighted by molar-refractivity contribution is 4.94. The lowest BCUT2D eigenvalue weighted by Gasteiger charge is -2.15. The van der Waals surface area contributed by atoms with Crippen molar-refractivity contribution in [2.75, 3.05) is 13.1 Å². The highest BCUT2D eigenvalue weighted by Crippen LogP contribution is 2.49. The van der Waals surface area contributed by atoms with Crippen LogP contribution in [-0.2, 0) is 0 Å². The van der Waals surface area contributed by atoms with Crippen LogP contribution in [0.3, 0.4) is 0 Å². The molecule has 0 aromatic heterocycles. The summed E-state index contributed by atoms with van der Waals surface area (Å²) in [5, 5.41) is 3.58. The van der Waals surface area contributed by atoms with Crippen molar-refractivity contribution >= 4 is 0 Å². The molecule has 0 aromatic carbocycles. The van der Waals surface area contributed by atoms with E-state index < -0.39 is 0 Å². The molecular weight excluding hydrogens is 170 g/mol. The summed E-state index contributed by atoms with van der Waals surface area (Å²) in [5.74, 6) is 0. The summed E-state index contributed by atoms with van der Waals surface area (Å²) in [5.41, 5.74) is 0.739. The highest BCUT2D eigenvalue weighted by Gasteiger charge is 2.40. The molecule has 1 fully saturated rings. The van der Waals surface area contributed by atoms with Gasteiger partial charge in [-0.3, -0.25) is 0 Å². The Labute approximate surface area is 89.7 Å². The van der Waals surface area contributed by atoms with Crippen molar-refractivity contribution < 1.29 is 0 Å². The third-order valence-corrected chi connectivity index (χ3v) is 3.44. The molecule has 0 radical (unpaired) electrons. The quantitative estimate of drug-likeness (QED) is 0.555. The standard InChI is InChI=1S/C13H27N/c1-3-5-6-7-8-13(9-10-13)12-14-11-4-2/h14H,3-12H2,1-2H3. The summed E-state index contributed by atoms with van der Waals surface area (Å²) in [7, 11) is 0. The van der Waals surface area contributed by atoms with Gasteiger partial charge >= 0.3 is 0 Å². The van der Waals surface area contributed by atoms with Gasteiger partial charge < -0.3 is 5.32 Å². The van der Waals surface area contributed by atoms with E-state index in [9.17, 15) is 0 Å². The molecule has 1 heteroatoms. The molecule has 0 unspecified atom stereocenters. The zero-order valence-corrected chi connectivity index (χ0v) is 10.1. The predicted molar refractivity (Wildman–Crippen MR) is 63.6 cm³/mol. The van der Waals surface area contributed by atoms with Crippen molar-refractivity contribution in [1.29, 1.82) is 0 Å². The summed E-state index contributed by atoms with van der Waals surface area (Å²) >= 11 is 0. The Morgan fingerprint density at radius 3 is 2.36 bits per heavy atom. The van der Waals surface area contributed by atoms with Crippen molar-refractivity contribution in [1.82, 2.24) is 5.32 Å². The normalized spacial score (nSPS) is 18.4. The summed E-state index contributed by atoms with van der Waals surface area (Å²) in [6, 6.07) is 0. The van der Waals surface area contributed by atoms with E-state index in [1.165, 1.54) is 64.5 Å². The molecular formula is C13H27N. The molecule has 1 aliphatic carbocycles. The average Bonchev–Trinajstić information content (AvgIpc) is 2.94. The van der Waals surface area contributed by atoms with Gasteiger partial charge in [-0.15, -0.1) is 0 Å². The number of unbranched alkanes of at least 4 members (excludes halogenated alkanes) is 3. The zero-order valence-electron chi connectivity index (χ0n) is 10.1. The first-order chi connectivity index (χ1) is 6.83. The molecule has 0 bridgehead atoms. The Morgan fingerprint density at radius 1 is 1.00 bits per heavy atom. The Kier molecular flexibility index (Phi) is 5.54. The summed E-state index contributed by atoms with van der Waals surface area (Å²) in [6.07, 6.45) is 11.4. The lowest BCUT2D eigenvalue weighted by Crippen LogP contribution is -2.24. The molecule has 1 saturated carbocycles. The first-order valence-electron chi connectivity index (χ1n) is 6.54. The van der Waals surface area contributed by atoms with Crippen LogP contribution in [0.4, 0.5) is 0 Å². The van der Waals surface area contributed by atoms with E-state index >= 15 is 0 Å². The summed E-state index contributed by atoms with van der Waals surface area (Å²) in [4.78, 5) is 0. The molecule has 84 valence electrons. The minimum Gasteiger partial charge on any atom is -0.316 e. The fourth-order valence-corrected chi connectivity index (χ4v) is 2.15. The molecule has 0 heterocycles. The van der Waals surface area contributed by atoms with Gasteiger partial charge in [0.25, 0.3) is 0 Å². The second-order valence-corrected chi connectivity index (χ2v) is 4.99. The van der Waals surface area contributed by atoms with Crippen LogP contribution in [0.15, 0.2) is 0 Å². The summed E-state index contributed by atoms with van der Waals surface area (Å²) < 4.78 is 0. The second-order valence-electron chi connectivity index (χ2n) is 4.99. The maximum Gasteiger partial charge on any atom is 0.000781 e. The minimum atomic E-state index is 0.739. The number of nitrogens with one attached hydrogen (secondary N) is 1. The van der Waals surface area contributed by atoms with Gasteiger partial charge in [0.05, 0.1) is 0 Å². The van der Waals surface area contributed by atoms with E-state index in [2.05, 4.69) is 19.2 Å². The zero-order chi connectivity index (χ0) is 10.3. The second kappa shape index (κ2) is 6.44. The smallest absolute Gasteiger partial charge is 0.000781 e. The highest BCUT2D eigenvalue weighted by atomic mass is 14.9. The Hall–Kier alpha value is -0.0400. The fourth-order valence-electron chi connectivity index (χ4n) is 2.15. The lowest BCUT2D eigenvalue weighted by atomic mass is 9.98. The molecule has 0 saturated heterocycles. The third kappa shape index (κ3) is 4.45. The van der Waals surface area contributed by atoms with Crippen LogP contribution < -0.4 is 5.32 Å². The average molecular weight is 197 g/mol. The lowest BCUT2D eigenvalue weighted by molar-refractivity contribution is 0.405. The van der Waals surface area contributed by atoms with Gasteiger partial charge in [0.15, 0.2) is 0 Å². The van der Waals surface area contributed by atoms with Crippen molar-refractivity contribution in [3.8, 4) is 0 Å². The Bertz CT molecular complexity index is 138. The number of rotatable bonds is 9. The van der Waals surface area contributed by atoms with Crippen LogP contribution in [0.5, 0.6) is 0 Å². The van der Waals surface area contributed by atoms with Crippen LogP contribution in [-0.4, -0.2) is 13.1 Å². The van der Waals surface area contributed by atoms with Gasteiger partial charge in [0.1, 0.15) is 0 Å². The molecule has 1 nitrogen and oxygen atoms in total. The maximum absolute atomic E-state index is 3.58. The van der Waals surface area contributed by atoms with Gasteiger partial charge in [-0.25, -0.2) is 0 Å². The molecule has 1 aliphatic rings. The van der Waals surface area contributed by atoms with Gasteiger partial charge in [-0.05, 0) is 37.6 Å². The largest absolute Gasteiger partial charge is 0.316 e. The molecule has 14 heavy (non-hydrogen) atoms. The van der Waals surface area contributed by atoms with Gasteiger partial charge in [0, 0.05) is 6.54 Å². The number of hydrogen-bond donors (Lipinski definition) is 1. The van der Waals surface area contributed by atoms with E-state index in [-0.39, 0.29) is 0 Å². The molecule has 1 rings (SSSR count). The molecule has 0 spiro atoms. The van der Waals surface area contributed by atoms with Crippen molar-refractivity contribution in [3.05, 3.63) is 0 Å². The summed E-state index contributed by atoms with van der Waals surface area (Å²) in [6.45, 7) is 7.02. The van der Waals surface area contributed by atoms with Crippen LogP contribution in [0.1, 0.15) is 65.2 Å². The Balaban J connectivity index is 1.98. The minimum absolute atomic E-state index is 0.739. The molecule has 0 amide bonds. The molecule has 0 atom stereocenters. The monoisotopic (exact) mass is 197 g/mol. The molecule has 0 aromatic rings. The SMILES string of the molecule is CCCCCCC1(CNCCC)CC1. The van der Waals surface area contributed by atoms with E-state index in [0.717, 1.165) is 5.41 Å². The van der Waals surface area contributed by atoms with Gasteiger partial charge in [-0.1, -0.05) is 39.5 Å². The molecule has 0 aliphatic heterocycles. The van der Waals surface area contributed by atoms with Crippen LogP contribution >= 0.6 is 0 Å². The Morgan fingerprint density at radius 2 is 1.79 bits per heavy atom.